The summed E-state index contributed by atoms with van der Waals surface area (Å²) >= 11 is 6.66. The van der Waals surface area contributed by atoms with Crippen LogP contribution < -0.4 is 21.3 Å². The van der Waals surface area contributed by atoms with Crippen LogP contribution in [0.1, 0.15) is 12.5 Å². The molecular weight excluding hydrogens is 457 g/mol. The second-order valence-electron chi connectivity index (χ2n) is 6.36. The second kappa shape index (κ2) is 9.41. The fourth-order valence-corrected chi connectivity index (χ4v) is 3.40. The van der Waals surface area contributed by atoms with Crippen LogP contribution in [0.5, 0.6) is 11.5 Å². The summed E-state index contributed by atoms with van der Waals surface area (Å²) in [5.74, 6) is -3.62. The molecule has 1 unspecified atom stereocenters. The van der Waals surface area contributed by atoms with E-state index in [0.717, 1.165) is 23.7 Å². The van der Waals surface area contributed by atoms with Crippen LogP contribution >= 0.6 is 23.1 Å². The van der Waals surface area contributed by atoms with Gasteiger partial charge in [-0.15, -0.1) is 0 Å². The first-order valence-electron chi connectivity index (χ1n) is 8.74. The highest BCUT2D eigenvalue weighted by Gasteiger charge is 2.17. The molecule has 1 aromatic heterocycles. The summed E-state index contributed by atoms with van der Waals surface area (Å²) in [6, 6.07) is 4.58. The van der Waals surface area contributed by atoms with E-state index in [1.165, 1.54) is 12.1 Å². The zero-order valence-electron chi connectivity index (χ0n) is 15.9. The first-order valence-corrected chi connectivity index (χ1v) is 9.94. The first kappa shape index (κ1) is 22.7. The van der Waals surface area contributed by atoms with Gasteiger partial charge in [-0.25, -0.2) is 13.2 Å². The van der Waals surface area contributed by atoms with Crippen LogP contribution in [0.15, 0.2) is 40.1 Å². The minimum absolute atomic E-state index is 0.0491. The smallest absolute Gasteiger partial charge is 0.271 e. The molecule has 0 amide bonds. The normalized spacial score (nSPS) is 12.6. The number of benzene rings is 2. The number of amidine groups is 1. The molecule has 0 radical (unpaired) electrons. The lowest BCUT2D eigenvalue weighted by atomic mass is 10.2. The van der Waals surface area contributed by atoms with E-state index in [1.807, 2.05) is 0 Å². The number of hydrogen-bond donors (Lipinski definition) is 4. The van der Waals surface area contributed by atoms with E-state index in [2.05, 4.69) is 14.7 Å². The molecule has 0 saturated heterocycles. The van der Waals surface area contributed by atoms with E-state index in [4.69, 9.17) is 27.2 Å². The Kier molecular flexibility index (Phi) is 6.88. The lowest BCUT2D eigenvalue weighted by molar-refractivity contribution is 0.274. The van der Waals surface area contributed by atoms with Gasteiger partial charge >= 0.3 is 0 Å². The molecule has 7 nitrogen and oxygen atoms in total. The molecule has 31 heavy (non-hydrogen) atoms. The highest BCUT2D eigenvalue weighted by atomic mass is 35.5. The molecule has 0 aliphatic heterocycles. The highest BCUT2D eigenvalue weighted by molar-refractivity contribution is 7.10. The molecule has 1 atom stereocenters. The monoisotopic (exact) mass is 472 g/mol. The Bertz CT molecular complexity index is 1200. The molecule has 3 rings (SSSR count). The van der Waals surface area contributed by atoms with Crippen molar-refractivity contribution in [2.75, 3.05) is 11.9 Å². The quantitative estimate of drug-likeness (QED) is 0.235. The Balaban J connectivity index is 1.86. The summed E-state index contributed by atoms with van der Waals surface area (Å²) in [5, 5.41) is 11.7. The molecule has 12 heteroatoms. The number of aliphatic hydroxyl groups excluding tert-OH is 1. The number of ether oxygens (including phenoxy) is 1. The Labute approximate surface area is 183 Å². The van der Waals surface area contributed by atoms with Gasteiger partial charge in [0.2, 0.25) is 0 Å². The molecule has 0 saturated carbocycles. The molecule has 0 spiro atoms. The zero-order valence-corrected chi connectivity index (χ0v) is 17.5. The summed E-state index contributed by atoms with van der Waals surface area (Å²) < 4.78 is 49.1. The van der Waals surface area contributed by atoms with Crippen molar-refractivity contribution in [1.82, 2.24) is 4.37 Å². The van der Waals surface area contributed by atoms with Crippen LogP contribution in [0.2, 0.25) is 5.02 Å². The van der Waals surface area contributed by atoms with Crippen molar-refractivity contribution in [3.8, 4) is 11.5 Å². The summed E-state index contributed by atoms with van der Waals surface area (Å²) in [5.41, 5.74) is 5.66. The second-order valence-corrected chi connectivity index (χ2v) is 7.55. The van der Waals surface area contributed by atoms with Crippen LogP contribution in [-0.2, 0) is 0 Å². The lowest BCUT2D eigenvalue weighted by Crippen LogP contribution is -2.24. The van der Waals surface area contributed by atoms with Crippen molar-refractivity contribution in [3.63, 3.8) is 0 Å². The number of halogens is 4. The van der Waals surface area contributed by atoms with Crippen molar-refractivity contribution in [2.45, 2.75) is 13.0 Å². The minimum atomic E-state index is -1.04. The maximum absolute atomic E-state index is 14.5. The van der Waals surface area contributed by atoms with Gasteiger partial charge in [0.25, 0.3) is 5.56 Å². The van der Waals surface area contributed by atoms with Gasteiger partial charge in [0.05, 0.1) is 12.6 Å². The molecule has 0 aliphatic carbocycles. The van der Waals surface area contributed by atoms with E-state index in [9.17, 15) is 18.0 Å². The highest BCUT2D eigenvalue weighted by Crippen LogP contribution is 2.34. The van der Waals surface area contributed by atoms with E-state index in [-0.39, 0.29) is 40.2 Å². The molecule has 1 heterocycles. The summed E-state index contributed by atoms with van der Waals surface area (Å²) in [6.07, 6.45) is 0. The van der Waals surface area contributed by atoms with Gasteiger partial charge in [-0.1, -0.05) is 11.6 Å². The van der Waals surface area contributed by atoms with Gasteiger partial charge in [0.15, 0.2) is 17.3 Å². The number of aromatic amines is 1. The number of rotatable bonds is 7. The number of aliphatic imine (C=N–C) groups is 1. The van der Waals surface area contributed by atoms with Gasteiger partial charge in [0, 0.05) is 23.9 Å². The van der Waals surface area contributed by atoms with Crippen molar-refractivity contribution in [1.29, 1.82) is 0 Å². The van der Waals surface area contributed by atoms with Crippen LogP contribution in [0.4, 0.5) is 23.9 Å². The molecule has 2 aromatic carbocycles. The first-order chi connectivity index (χ1) is 14.7. The topological polar surface area (TPSA) is 113 Å². The average molecular weight is 473 g/mol. The van der Waals surface area contributed by atoms with Crippen molar-refractivity contribution in [3.05, 3.63) is 68.7 Å². The Morgan fingerprint density at radius 1 is 1.29 bits per heavy atom. The Morgan fingerprint density at radius 3 is 2.71 bits per heavy atom. The van der Waals surface area contributed by atoms with Gasteiger partial charge < -0.3 is 20.9 Å². The Morgan fingerprint density at radius 2 is 2.03 bits per heavy atom. The number of aromatic nitrogens is 1. The van der Waals surface area contributed by atoms with Gasteiger partial charge in [-0.2, -0.15) is 0 Å². The number of anilines is 2. The maximum atomic E-state index is 14.5. The third-order valence-electron chi connectivity index (χ3n) is 3.95. The Hall–Kier alpha value is -3.02. The molecule has 0 fully saturated rings. The van der Waals surface area contributed by atoms with Crippen LogP contribution in [0.3, 0.4) is 0 Å². The summed E-state index contributed by atoms with van der Waals surface area (Å²) in [6.45, 7) is 1.36. The van der Waals surface area contributed by atoms with Crippen molar-refractivity contribution in [2.24, 2.45) is 10.7 Å². The third-order valence-corrected chi connectivity index (χ3v) is 5.11. The largest absolute Gasteiger partial charge is 0.452 e. The molecular formula is C19H16ClF3N4O3S. The SMILES string of the molecule is CC(CO)N=C(N)c1c(Nc2ccc(Oc3cc(F)cc(F)c3Cl)c(F)c2)s[nH]c1=O. The average Bonchev–Trinajstić information content (AvgIpc) is 3.07. The van der Waals surface area contributed by atoms with Crippen molar-refractivity contribution >= 4 is 39.7 Å². The lowest BCUT2D eigenvalue weighted by Gasteiger charge is -2.11. The number of nitrogens with two attached hydrogens (primary N) is 1. The van der Waals surface area contributed by atoms with Gasteiger partial charge in [0.1, 0.15) is 33.1 Å². The maximum Gasteiger partial charge on any atom is 0.271 e. The van der Waals surface area contributed by atoms with Crippen LogP contribution in [0.25, 0.3) is 0 Å². The van der Waals surface area contributed by atoms with Gasteiger partial charge in [-0.05, 0) is 30.6 Å². The predicted molar refractivity (Wildman–Crippen MR) is 113 cm³/mol. The van der Waals surface area contributed by atoms with E-state index < -0.39 is 34.1 Å². The van der Waals surface area contributed by atoms with Crippen LogP contribution in [0, 0.1) is 17.5 Å². The van der Waals surface area contributed by atoms with E-state index >= 15 is 0 Å². The number of H-pyrrole nitrogens is 1. The summed E-state index contributed by atoms with van der Waals surface area (Å²) in [4.78, 5) is 16.1. The molecule has 5 N–H and O–H groups in total. The number of nitrogens with one attached hydrogen (secondary N) is 2. The molecule has 0 aliphatic rings. The van der Waals surface area contributed by atoms with Crippen molar-refractivity contribution < 1.29 is 23.0 Å². The molecule has 164 valence electrons. The number of aliphatic hydroxyl groups is 1. The number of hydrogen-bond acceptors (Lipinski definition) is 6. The van der Waals surface area contributed by atoms with Crippen LogP contribution in [-0.4, -0.2) is 28.0 Å². The van der Waals surface area contributed by atoms with Gasteiger partial charge in [-0.3, -0.25) is 14.2 Å². The molecule has 3 aromatic rings. The summed E-state index contributed by atoms with van der Waals surface area (Å²) in [7, 11) is 0. The van der Waals surface area contributed by atoms with E-state index in [0.29, 0.717) is 6.07 Å². The fourth-order valence-electron chi connectivity index (χ4n) is 2.48. The standard InChI is InChI=1S/C19H16ClF3N4O3S/c1-8(7-28)25-17(24)15-18(29)27-31-19(15)26-10-2-3-13(11(22)6-10)30-14-5-9(21)4-12(23)16(14)20/h2-6,8,26,28H,7H2,1H3,(H2,24,25)(H,27,29). The van der Waals surface area contributed by atoms with E-state index in [1.54, 1.807) is 6.92 Å². The fraction of sp³-hybridized carbons (Fsp3) is 0.158. The zero-order chi connectivity index (χ0) is 22.7. The third kappa shape index (κ3) is 5.19. The minimum Gasteiger partial charge on any atom is -0.452 e. The molecule has 0 bridgehead atoms. The number of nitrogens with zero attached hydrogens (tertiary/aromatic N) is 1. The predicted octanol–water partition coefficient (Wildman–Crippen LogP) is 4.13.